The van der Waals surface area contributed by atoms with Crippen LogP contribution in [0.25, 0.3) is 60.4 Å². The van der Waals surface area contributed by atoms with Crippen LogP contribution in [-0.4, -0.2) is 29.7 Å². The number of pyridine rings is 2. The van der Waals surface area contributed by atoms with Crippen molar-refractivity contribution in [1.82, 2.24) is 14.5 Å². The van der Waals surface area contributed by atoms with E-state index in [9.17, 15) is 0 Å². The molecule has 6 nitrogen and oxygen atoms in total. The molecule has 0 amide bonds. The largest absolute Gasteiger partial charge is 1.20 e. The Morgan fingerprint density at radius 3 is 2.02 bits per heavy atom. The summed E-state index contributed by atoms with van der Waals surface area (Å²) < 4.78 is 22.3. The van der Waals surface area contributed by atoms with Crippen LogP contribution >= 0.6 is 0 Å². The maximum absolute atomic E-state index is 6.72. The van der Waals surface area contributed by atoms with Gasteiger partial charge in [-0.15, -0.1) is 0 Å². The Kier molecular flexibility index (Phi) is 7.62. The molecule has 9 aromatic rings. The minimum atomic E-state index is -2.96. The molecule has 238 valence electrons. The molecule has 0 aliphatic carbocycles. The van der Waals surface area contributed by atoms with E-state index in [1.807, 2.05) is 73.7 Å². The standard InChI is InChI=1S/C24H17NO.C10H9NO.C9H7NO.Al/c26-20-14-15-24-22(16-20)21-8-4-5-9-23(21)25(24)19-12-10-18(11-13-19)17-6-2-1-3-7-17;1-7-5-6-8-3-2-4-9(12)10(8)11-7;11-8-5-1-3-7-4-2-6-10-9(7)8;/h1-16,26H;2-6,12H,1H3;1-6,11H;/q;;;+3/p-3. The van der Waals surface area contributed by atoms with Gasteiger partial charge in [-0.1, -0.05) is 97.1 Å². The summed E-state index contributed by atoms with van der Waals surface area (Å²) in [5, 5.41) is 4.17. The first-order chi connectivity index (χ1) is 24.7. The van der Waals surface area contributed by atoms with Gasteiger partial charge < -0.3 is 15.9 Å². The van der Waals surface area contributed by atoms with Crippen LogP contribution in [0.2, 0.25) is 0 Å². The molecule has 0 saturated heterocycles. The zero-order chi connectivity index (χ0) is 33.4. The predicted molar refractivity (Wildman–Crippen MR) is 202 cm³/mol. The number of para-hydroxylation sites is 3. The zero-order valence-corrected chi connectivity index (χ0v) is 28.4. The van der Waals surface area contributed by atoms with E-state index in [0.29, 0.717) is 17.2 Å². The van der Waals surface area contributed by atoms with Crippen molar-refractivity contribution in [2.24, 2.45) is 0 Å². The number of hydrogen-bond donors (Lipinski definition) is 0. The molecule has 9 rings (SSSR count). The van der Waals surface area contributed by atoms with Crippen molar-refractivity contribution < 1.29 is 11.4 Å². The van der Waals surface area contributed by atoms with Gasteiger partial charge in [0.2, 0.25) is 0 Å². The van der Waals surface area contributed by atoms with Crippen molar-refractivity contribution >= 4 is 58.8 Å². The molecule has 0 unspecified atom stereocenters. The van der Waals surface area contributed by atoms with E-state index in [1.165, 1.54) is 11.1 Å². The second-order valence-electron chi connectivity index (χ2n) is 12.2. The first-order valence-electron chi connectivity index (χ1n) is 16.6. The molecule has 0 spiro atoms. The minimum absolute atomic E-state index is 0.612. The van der Waals surface area contributed by atoms with E-state index in [2.05, 4.69) is 101 Å². The van der Waals surface area contributed by atoms with Crippen molar-refractivity contribution in [3.63, 3.8) is 0 Å². The summed E-state index contributed by atoms with van der Waals surface area (Å²) >= 11 is -2.96. The molecule has 0 radical (unpaired) electrons. The van der Waals surface area contributed by atoms with E-state index in [0.717, 1.165) is 55.0 Å². The van der Waals surface area contributed by atoms with Crippen LogP contribution in [0.5, 0.6) is 17.2 Å². The van der Waals surface area contributed by atoms with E-state index in [1.54, 1.807) is 6.20 Å². The second-order valence-corrected chi connectivity index (χ2v) is 13.5. The van der Waals surface area contributed by atoms with Gasteiger partial charge in [0.1, 0.15) is 22.5 Å². The van der Waals surface area contributed by atoms with E-state index in [-0.39, 0.29) is 0 Å². The lowest BCUT2D eigenvalue weighted by atomic mass is 10.1. The average molecular weight is 664 g/mol. The molecule has 0 atom stereocenters. The molecule has 0 aliphatic rings. The molecule has 6 aromatic carbocycles. The van der Waals surface area contributed by atoms with Crippen LogP contribution in [0.4, 0.5) is 0 Å². The molecule has 3 aromatic heterocycles. The van der Waals surface area contributed by atoms with Crippen LogP contribution in [0, 0.1) is 6.92 Å². The fourth-order valence-corrected chi connectivity index (χ4v) is 7.92. The van der Waals surface area contributed by atoms with Crippen LogP contribution in [0.15, 0.2) is 164 Å². The lowest BCUT2D eigenvalue weighted by Gasteiger charge is -2.18. The summed E-state index contributed by atoms with van der Waals surface area (Å²) in [6, 6.07) is 53.6. The normalized spacial score (nSPS) is 11.3. The van der Waals surface area contributed by atoms with Crippen molar-refractivity contribution in [2.75, 3.05) is 0 Å². The molecule has 50 heavy (non-hydrogen) atoms. The molecule has 7 heteroatoms. The molecule has 0 saturated carbocycles. The number of fused-ring (bicyclic) bond motifs is 5. The van der Waals surface area contributed by atoms with Gasteiger partial charge in [0.05, 0.1) is 16.8 Å². The predicted octanol–water partition coefficient (Wildman–Crippen LogP) is 10.4. The Labute approximate surface area is 294 Å². The Balaban J connectivity index is 1.12. The van der Waals surface area contributed by atoms with E-state index in [4.69, 9.17) is 16.3 Å². The Hall–Kier alpha value is -6.13. The fourth-order valence-electron chi connectivity index (χ4n) is 6.61. The maximum Gasteiger partial charge on any atom is 1.20 e. The van der Waals surface area contributed by atoms with Crippen LogP contribution in [0.1, 0.15) is 5.69 Å². The highest BCUT2D eigenvalue weighted by molar-refractivity contribution is 6.40. The summed E-state index contributed by atoms with van der Waals surface area (Å²) in [5.74, 6) is 1.89. The van der Waals surface area contributed by atoms with Gasteiger partial charge in [-0.25, -0.2) is 4.98 Å². The number of hydrogen-bond acceptors (Lipinski definition) is 5. The fraction of sp³-hybridized carbons (Fsp3) is 0.0233. The van der Waals surface area contributed by atoms with Crippen molar-refractivity contribution in [2.45, 2.75) is 6.92 Å². The number of nitrogens with zero attached hydrogens (tertiary/aromatic N) is 3. The molecule has 0 fully saturated rings. The molecule has 3 heterocycles. The summed E-state index contributed by atoms with van der Waals surface area (Å²) in [5.41, 5.74) is 8.09. The van der Waals surface area contributed by atoms with Gasteiger partial charge in [-0.05, 0) is 78.7 Å². The van der Waals surface area contributed by atoms with E-state index >= 15 is 0 Å². The lowest BCUT2D eigenvalue weighted by molar-refractivity contribution is 0.310. The highest BCUT2D eigenvalue weighted by Crippen LogP contribution is 2.36. The maximum atomic E-state index is 6.72. The Morgan fingerprint density at radius 2 is 1.20 bits per heavy atom. The number of aryl methyl sites for hydroxylation is 1. The molecular weight excluding hydrogens is 633 g/mol. The van der Waals surface area contributed by atoms with Crippen molar-refractivity contribution in [1.29, 1.82) is 0 Å². The monoisotopic (exact) mass is 663 g/mol. The smallest absolute Gasteiger partial charge is 0.577 e. The Bertz CT molecular complexity index is 2650. The topological polar surface area (TPSA) is 58.4 Å². The summed E-state index contributed by atoms with van der Waals surface area (Å²) in [7, 11) is 0. The van der Waals surface area contributed by atoms with Gasteiger partial charge in [-0.3, -0.25) is 4.98 Å². The number of aromatic nitrogens is 3. The third kappa shape index (κ3) is 5.59. The first kappa shape index (κ1) is 30.0. The number of benzene rings is 6. The van der Waals surface area contributed by atoms with Crippen molar-refractivity contribution in [3.8, 4) is 34.1 Å². The lowest BCUT2D eigenvalue weighted by Crippen LogP contribution is -2.37. The summed E-state index contributed by atoms with van der Waals surface area (Å²) in [4.78, 5) is 9.40. The minimum Gasteiger partial charge on any atom is -0.577 e. The van der Waals surface area contributed by atoms with Crippen LogP contribution in [-0.2, 0) is 0 Å². The molecule has 0 bridgehead atoms. The third-order valence-electron chi connectivity index (χ3n) is 8.97. The van der Waals surface area contributed by atoms with Crippen LogP contribution < -0.4 is 11.4 Å². The first-order valence-corrected chi connectivity index (χ1v) is 18.0. The second kappa shape index (κ2) is 12.7. The van der Waals surface area contributed by atoms with Gasteiger partial charge in [0.15, 0.2) is 0 Å². The van der Waals surface area contributed by atoms with Gasteiger partial charge in [-0.2, -0.15) is 0 Å². The number of rotatable bonds is 8. The van der Waals surface area contributed by atoms with Gasteiger partial charge >= 0.3 is 15.1 Å². The highest BCUT2D eigenvalue weighted by atomic mass is 27.3. The van der Waals surface area contributed by atoms with Crippen LogP contribution in [0.3, 0.4) is 0 Å². The quantitative estimate of drug-likeness (QED) is 0.152. The zero-order valence-electron chi connectivity index (χ0n) is 27.2. The molecule has 0 N–H and O–H groups in total. The molecule has 0 aliphatic heterocycles. The van der Waals surface area contributed by atoms with Gasteiger partial charge in [0, 0.05) is 39.1 Å². The highest BCUT2D eigenvalue weighted by Gasteiger charge is 2.45. The van der Waals surface area contributed by atoms with Crippen molar-refractivity contribution in [3.05, 3.63) is 170 Å². The SMILES string of the molecule is Cc1ccc2cccc([O][Al]([O]c3ccc4c(c3)c3ccccc3n4-c3ccc(-c4ccccc4)cc3)[O]c3cccc4cccnc34)c2n1. The Morgan fingerprint density at radius 1 is 0.520 bits per heavy atom. The van der Waals surface area contributed by atoms with Gasteiger partial charge in [0.25, 0.3) is 0 Å². The third-order valence-corrected chi connectivity index (χ3v) is 10.3. The molecular formula is C43H30AlN3O3. The van der Waals surface area contributed by atoms with E-state index < -0.39 is 15.1 Å². The summed E-state index contributed by atoms with van der Waals surface area (Å²) in [6.45, 7) is 1.98. The summed E-state index contributed by atoms with van der Waals surface area (Å²) in [6.07, 6.45) is 1.77. The average Bonchev–Trinajstić information content (AvgIpc) is 3.49.